The van der Waals surface area contributed by atoms with Gasteiger partial charge in [0.25, 0.3) is 10.0 Å². The van der Waals surface area contributed by atoms with Crippen molar-refractivity contribution in [3.05, 3.63) is 42.6 Å². The van der Waals surface area contributed by atoms with Gasteiger partial charge in [-0.1, -0.05) is 0 Å². The number of rotatable bonds is 4. The second-order valence-corrected chi connectivity index (χ2v) is 5.16. The van der Waals surface area contributed by atoms with Gasteiger partial charge in [-0.05, 0) is 12.1 Å². The monoisotopic (exact) mass is 283 g/mol. The maximum Gasteiger partial charge on any atom is 0.262 e. The van der Waals surface area contributed by atoms with Crippen LogP contribution in [-0.4, -0.2) is 18.4 Å². The number of nitrogens with zero attached hydrogens (tertiary/aromatic N) is 2. The fraction of sp³-hybridized carbons (Fsp3) is 0. The van der Waals surface area contributed by atoms with Crippen LogP contribution in [0.25, 0.3) is 0 Å². The van der Waals surface area contributed by atoms with Crippen LogP contribution in [0.1, 0.15) is 0 Å². The molecule has 19 heavy (non-hydrogen) atoms. The zero-order valence-corrected chi connectivity index (χ0v) is 10.4. The van der Waals surface area contributed by atoms with Gasteiger partial charge in [0.05, 0.1) is 16.8 Å². The summed E-state index contributed by atoms with van der Waals surface area (Å²) in [6, 6.07) is 3.71. The Hall–Kier alpha value is -2.26. The van der Waals surface area contributed by atoms with Crippen LogP contribution < -0.4 is 16.0 Å². The molecule has 0 aliphatic heterocycles. The Labute approximate surface area is 108 Å². The molecule has 9 heteroatoms. The van der Waals surface area contributed by atoms with Crippen LogP contribution in [0.5, 0.6) is 0 Å². The molecule has 0 saturated carbocycles. The number of hydrogen-bond donors (Lipinski definition) is 3. The third-order valence-electron chi connectivity index (χ3n) is 2.21. The van der Waals surface area contributed by atoms with Crippen LogP contribution in [0.2, 0.25) is 0 Å². The molecule has 7 nitrogen and oxygen atoms in total. The van der Waals surface area contributed by atoms with E-state index in [1.807, 2.05) is 0 Å². The number of nitrogens with one attached hydrogen (secondary N) is 2. The van der Waals surface area contributed by atoms with Crippen LogP contribution in [0.3, 0.4) is 0 Å². The minimum atomic E-state index is -3.92. The lowest BCUT2D eigenvalue weighted by molar-refractivity contribution is 0.598. The molecule has 0 aliphatic rings. The van der Waals surface area contributed by atoms with Crippen LogP contribution in [0.15, 0.2) is 41.7 Å². The van der Waals surface area contributed by atoms with Gasteiger partial charge in [-0.3, -0.25) is 9.71 Å². The smallest absolute Gasteiger partial charge is 0.262 e. The minimum Gasteiger partial charge on any atom is -0.308 e. The Morgan fingerprint density at radius 1 is 1.26 bits per heavy atom. The topological polar surface area (TPSA) is 110 Å². The molecule has 0 atom stereocenters. The maximum absolute atomic E-state index is 13.3. The lowest BCUT2D eigenvalue weighted by Gasteiger charge is -2.09. The number of hydrazine groups is 1. The number of pyridine rings is 2. The molecule has 0 aliphatic carbocycles. The highest BCUT2D eigenvalue weighted by Crippen LogP contribution is 2.18. The van der Waals surface area contributed by atoms with Gasteiger partial charge in [0.1, 0.15) is 5.82 Å². The first-order chi connectivity index (χ1) is 9.03. The predicted octanol–water partition coefficient (Wildman–Crippen LogP) is 0.702. The number of anilines is 2. The van der Waals surface area contributed by atoms with E-state index in [0.717, 1.165) is 6.20 Å². The van der Waals surface area contributed by atoms with E-state index in [1.165, 1.54) is 30.6 Å². The molecule has 2 aromatic rings. The molecular weight excluding hydrogens is 273 g/mol. The maximum atomic E-state index is 13.3. The molecule has 0 aromatic carbocycles. The number of nitrogen functional groups attached to an aromatic ring is 1. The summed E-state index contributed by atoms with van der Waals surface area (Å²) in [5, 5.41) is 0. The highest BCUT2D eigenvalue weighted by atomic mass is 32.2. The van der Waals surface area contributed by atoms with Gasteiger partial charge in [-0.15, -0.1) is 0 Å². The van der Waals surface area contributed by atoms with Crippen molar-refractivity contribution in [1.29, 1.82) is 0 Å². The summed E-state index contributed by atoms with van der Waals surface area (Å²) < 4.78 is 39.5. The summed E-state index contributed by atoms with van der Waals surface area (Å²) in [6.45, 7) is 0. The number of halogens is 1. The Morgan fingerprint density at radius 2 is 2.05 bits per heavy atom. The van der Waals surface area contributed by atoms with Gasteiger partial charge in [-0.25, -0.2) is 23.6 Å². The highest BCUT2D eigenvalue weighted by Gasteiger charge is 2.16. The third kappa shape index (κ3) is 2.95. The van der Waals surface area contributed by atoms with Crippen molar-refractivity contribution >= 4 is 21.5 Å². The number of aromatic nitrogens is 2. The molecule has 0 bridgehead atoms. The van der Waals surface area contributed by atoms with E-state index < -0.39 is 15.8 Å². The first-order valence-corrected chi connectivity index (χ1v) is 6.56. The Morgan fingerprint density at radius 3 is 2.74 bits per heavy atom. The second-order valence-electron chi connectivity index (χ2n) is 3.48. The van der Waals surface area contributed by atoms with E-state index >= 15 is 0 Å². The molecule has 100 valence electrons. The van der Waals surface area contributed by atoms with E-state index in [4.69, 9.17) is 5.84 Å². The zero-order valence-electron chi connectivity index (χ0n) is 9.54. The fourth-order valence-corrected chi connectivity index (χ4v) is 2.40. The Balaban J connectivity index is 2.35. The molecule has 2 heterocycles. The lowest BCUT2D eigenvalue weighted by atomic mass is 10.4. The molecule has 0 amide bonds. The standard InChI is InChI=1S/C10H10FN5O2S/c11-8-6-13-3-2-9(8)16-19(17,18)7-1-4-14-10(5-7)15-12/h1-6H,12H2,(H,13,16)(H,14,15). The zero-order chi connectivity index (χ0) is 13.9. The summed E-state index contributed by atoms with van der Waals surface area (Å²) in [5.74, 6) is 4.56. The van der Waals surface area contributed by atoms with Crippen molar-refractivity contribution in [1.82, 2.24) is 9.97 Å². The molecular formula is C10H10FN5O2S. The van der Waals surface area contributed by atoms with E-state index in [2.05, 4.69) is 20.1 Å². The van der Waals surface area contributed by atoms with E-state index in [-0.39, 0.29) is 16.4 Å². The SMILES string of the molecule is NNc1cc(S(=O)(=O)Nc2ccncc2F)ccn1. The second kappa shape index (κ2) is 5.16. The van der Waals surface area contributed by atoms with Gasteiger partial charge in [0, 0.05) is 18.5 Å². The van der Waals surface area contributed by atoms with Gasteiger partial charge in [-0.2, -0.15) is 0 Å². The van der Waals surface area contributed by atoms with Gasteiger partial charge in [0.15, 0.2) is 5.82 Å². The molecule has 2 rings (SSSR count). The van der Waals surface area contributed by atoms with Crippen LogP contribution in [0.4, 0.5) is 15.9 Å². The first-order valence-electron chi connectivity index (χ1n) is 5.08. The quantitative estimate of drug-likeness (QED) is 0.563. The first kappa shape index (κ1) is 13.2. The van der Waals surface area contributed by atoms with Crippen molar-refractivity contribution in [3.63, 3.8) is 0 Å². The summed E-state index contributed by atoms with van der Waals surface area (Å²) in [6.07, 6.45) is 3.46. The van der Waals surface area contributed by atoms with E-state index in [0.29, 0.717) is 0 Å². The predicted molar refractivity (Wildman–Crippen MR) is 67.1 cm³/mol. The average molecular weight is 283 g/mol. The van der Waals surface area contributed by atoms with Crippen molar-refractivity contribution in [3.8, 4) is 0 Å². The number of nitrogens with two attached hydrogens (primary N) is 1. The summed E-state index contributed by atoms with van der Waals surface area (Å²) in [7, 11) is -3.92. The molecule has 0 radical (unpaired) electrons. The molecule has 0 fully saturated rings. The van der Waals surface area contributed by atoms with Crippen molar-refractivity contribution in [2.24, 2.45) is 5.84 Å². The number of hydrogen-bond acceptors (Lipinski definition) is 6. The van der Waals surface area contributed by atoms with Gasteiger partial charge in [0.2, 0.25) is 0 Å². The van der Waals surface area contributed by atoms with E-state index in [9.17, 15) is 12.8 Å². The Bertz CT molecular complexity index is 692. The lowest BCUT2D eigenvalue weighted by Crippen LogP contribution is -2.15. The fourth-order valence-electron chi connectivity index (χ4n) is 1.32. The largest absolute Gasteiger partial charge is 0.308 e. The summed E-state index contributed by atoms with van der Waals surface area (Å²) in [5.41, 5.74) is 2.04. The molecule has 0 unspecified atom stereocenters. The minimum absolute atomic E-state index is 0.0911. The van der Waals surface area contributed by atoms with E-state index in [1.54, 1.807) is 0 Å². The summed E-state index contributed by atoms with van der Waals surface area (Å²) >= 11 is 0. The normalized spacial score (nSPS) is 11.1. The van der Waals surface area contributed by atoms with Gasteiger partial charge < -0.3 is 5.43 Å². The van der Waals surface area contributed by atoms with Crippen molar-refractivity contribution < 1.29 is 12.8 Å². The average Bonchev–Trinajstić information content (AvgIpc) is 2.41. The van der Waals surface area contributed by atoms with Crippen LogP contribution in [-0.2, 0) is 10.0 Å². The van der Waals surface area contributed by atoms with Crippen LogP contribution in [0, 0.1) is 5.82 Å². The Kier molecular flexibility index (Phi) is 3.58. The van der Waals surface area contributed by atoms with Crippen molar-refractivity contribution in [2.45, 2.75) is 4.90 Å². The molecule has 2 aromatic heterocycles. The van der Waals surface area contributed by atoms with Gasteiger partial charge >= 0.3 is 0 Å². The molecule has 0 saturated heterocycles. The van der Waals surface area contributed by atoms with Crippen molar-refractivity contribution in [2.75, 3.05) is 10.1 Å². The van der Waals surface area contributed by atoms with Crippen LogP contribution >= 0.6 is 0 Å². The highest BCUT2D eigenvalue weighted by molar-refractivity contribution is 7.92. The molecule has 4 N–H and O–H groups in total. The molecule has 0 spiro atoms. The third-order valence-corrected chi connectivity index (χ3v) is 3.57. The number of sulfonamides is 1. The summed E-state index contributed by atoms with van der Waals surface area (Å²) in [4.78, 5) is 7.22.